The Balaban J connectivity index is 0.000000166. The summed E-state index contributed by atoms with van der Waals surface area (Å²) < 4.78 is 28.8. The summed E-state index contributed by atoms with van der Waals surface area (Å²) in [6.45, 7) is 29.0. The van der Waals surface area contributed by atoms with Crippen LogP contribution in [0.4, 0.5) is 14.4 Å². The van der Waals surface area contributed by atoms with Crippen LogP contribution >= 0.6 is 45.2 Å². The van der Waals surface area contributed by atoms with E-state index in [1.165, 1.54) is 129 Å². The fourth-order valence-electron chi connectivity index (χ4n) is 21.7. The van der Waals surface area contributed by atoms with Crippen LogP contribution in [0.25, 0.3) is 33.1 Å². The zero-order valence-electron chi connectivity index (χ0n) is 76.5. The van der Waals surface area contributed by atoms with Crippen LogP contribution in [0.3, 0.4) is 0 Å². The van der Waals surface area contributed by atoms with Gasteiger partial charge in [-0.05, 0) is 163 Å². The van der Waals surface area contributed by atoms with E-state index in [9.17, 15) is 28.8 Å². The Morgan fingerprint density at radius 3 is 1.01 bits per heavy atom. The molecule has 0 spiro atoms. The number of ether oxygens (including phenoxy) is 3. The standard InChI is InChI=1S/C28H41BN4O5.2C28H39N4O3.2C6H10I.2Fe/c1-16(2)23(32-26(35)36-7)25(34)33-21-11-9-8-10-17(21)14-22(33)24-30-19-13-12-18(15-20(19)31-24)29-37-27(3,4)28(5,6)38-29;2*1-16(2)25(31-28(34)35-4)27(33)32-23-11-6-5-9-19(23)15-24(32)26-29-21-13-12-18(14-22(21)30-26)20-10-7-8-17(20)3;2*1-5-3-2-4-6(5)7;;/h12-13,15-17,21-23H,8-11,14H2,1-7H3,(H,30,31)(H,32,35);2*12-14,16,19-20,23-25H,5-11,15H2,1-4H3,(H,29,30)(H,31,34);2*6H,2-4H2,1H3;;/q;4*-1;2*+2/t17-,21-,22-,23-;2*19-,20?,23-,24-,25-;;;;/m000..../s1. The summed E-state index contributed by atoms with van der Waals surface area (Å²) in [4.78, 5) is 110. The first-order chi connectivity index (χ1) is 58.3. The van der Waals surface area contributed by atoms with Crippen molar-refractivity contribution in [2.24, 2.45) is 35.5 Å². The topological polar surface area (TPSA) is 280 Å². The number of carbonyl (C=O) groups is 6. The van der Waals surface area contributed by atoms with E-state index < -0.39 is 54.7 Å². The molecule has 23 nitrogen and oxygen atoms in total. The summed E-state index contributed by atoms with van der Waals surface area (Å²) in [6, 6.07) is 17.5. The molecule has 0 radical (unpaired) electrons. The van der Waals surface area contributed by atoms with Gasteiger partial charge in [-0.1, -0.05) is 161 Å². The van der Waals surface area contributed by atoms with Crippen molar-refractivity contribution >= 4 is 127 Å². The molecule has 0 bridgehead atoms. The van der Waals surface area contributed by atoms with Gasteiger partial charge in [-0.15, -0.1) is 64.9 Å². The number of alkyl halides is 2. The molecule has 3 aromatic carbocycles. The Bertz CT molecular complexity index is 4360. The number of hydrogen-bond acceptors (Lipinski definition) is 14. The second-order valence-corrected chi connectivity index (χ2v) is 42.2. The van der Waals surface area contributed by atoms with Crippen molar-refractivity contribution in [1.29, 1.82) is 0 Å². The number of nitrogens with zero attached hydrogens (tertiary/aromatic N) is 6. The molecule has 7 aliphatic carbocycles. The number of nitrogens with one attached hydrogen (secondary N) is 6. The van der Waals surface area contributed by atoms with Gasteiger partial charge in [-0.2, -0.15) is 53.4 Å². The molecule has 11 aliphatic rings. The Hall–Kier alpha value is -5.23. The molecule has 17 rings (SSSR count). The summed E-state index contributed by atoms with van der Waals surface area (Å²) in [7, 11) is 3.53. The van der Waals surface area contributed by atoms with Gasteiger partial charge in [0.2, 0.25) is 17.7 Å². The predicted octanol–water partition coefficient (Wildman–Crippen LogP) is 20.5. The van der Waals surface area contributed by atoms with Crippen molar-refractivity contribution in [2.75, 3.05) is 21.3 Å². The normalized spacial score (nSPS) is 27.9. The molecular weight excluding hydrogens is 1870 g/mol. The number of aromatic amines is 3. The van der Waals surface area contributed by atoms with Gasteiger partial charge in [-0.25, -0.2) is 29.3 Å². The first-order valence-electron chi connectivity index (χ1n) is 46.2. The summed E-state index contributed by atoms with van der Waals surface area (Å²) in [5, 5.41) is 8.37. The maximum atomic E-state index is 14.0. The molecular formula is C96H139BFe2I2N12O11. The fraction of sp³-hybridized carbons (Fsp3) is 0.677. The average Bonchev–Trinajstić information content (AvgIpc) is 1.61. The number of alkyl carbamates (subject to hydrolysis) is 3. The largest absolute Gasteiger partial charge is 2.00 e. The molecule has 682 valence electrons. The van der Waals surface area contributed by atoms with E-state index >= 15 is 0 Å². The van der Waals surface area contributed by atoms with E-state index in [0.29, 0.717) is 29.6 Å². The molecule has 28 heteroatoms. The number of hydrogen-bond donors (Lipinski definition) is 6. The second-order valence-electron chi connectivity index (χ2n) is 39.2. The monoisotopic (exact) mass is 2010 g/mol. The van der Waals surface area contributed by atoms with Crippen molar-refractivity contribution < 1.29 is 86.4 Å². The van der Waals surface area contributed by atoms with E-state index in [2.05, 4.69) is 150 Å². The molecule has 11 fully saturated rings. The van der Waals surface area contributed by atoms with Crippen LogP contribution < -0.4 is 21.4 Å². The number of halogens is 2. The third-order valence-corrected chi connectivity index (χ3v) is 32.9. The number of carbonyl (C=O) groups excluding carboxylic acids is 6. The molecule has 7 heterocycles. The third-order valence-electron chi connectivity index (χ3n) is 29.5. The zero-order valence-corrected chi connectivity index (χ0v) is 83.0. The van der Waals surface area contributed by atoms with Gasteiger partial charge in [0.15, 0.2) is 0 Å². The molecule has 4 aliphatic heterocycles. The van der Waals surface area contributed by atoms with Crippen LogP contribution in [0.2, 0.25) is 0 Å². The Morgan fingerprint density at radius 1 is 0.435 bits per heavy atom. The molecule has 4 unspecified atom stereocenters. The molecule has 4 saturated heterocycles. The SMILES string of the molecule is COC(=O)N[C@H](C(=O)N1[C@H](c2nc3ccc(B4OC(C)(C)C(C)(C)O4)cc3[nH]2)C[C@@H]2CCCC[C@@H]21)C(C)C.COC(=O)N[C@H](C(=O)N1[C@H](c2nc3ccc(C4CCC[C-]4C)cc3[nH]2)C[C@@H]2CCCC[C@@H]21)C(C)C.COC(=O)N[C@H](C(=O)N1[C@H](c2nc3ccc(C4CCC[C-]4C)cc3[nH]2)C[C@@H]2CCCC[C@@H]21)C(C)C.C[C-]1CCCC1I.C[C-]1CCCC1I.[Fe+2].[Fe+2]. The van der Waals surface area contributed by atoms with Crippen molar-refractivity contribution in [3.05, 3.63) is 107 Å². The maximum Gasteiger partial charge on any atom is 2.00 e. The second kappa shape index (κ2) is 43.7. The number of benzene rings is 3. The molecule has 3 aromatic heterocycles. The van der Waals surface area contributed by atoms with Gasteiger partial charge < -0.3 is 92.8 Å². The molecule has 6 N–H and O–H groups in total. The van der Waals surface area contributed by atoms with Gasteiger partial charge in [0, 0.05) is 18.1 Å². The number of imidazole rings is 3. The van der Waals surface area contributed by atoms with E-state index in [1.807, 2.05) is 92.3 Å². The van der Waals surface area contributed by atoms with E-state index in [0.717, 1.165) is 141 Å². The number of amides is 6. The fourth-order valence-corrected chi connectivity index (χ4v) is 23.2. The average molecular weight is 2010 g/mol. The van der Waals surface area contributed by atoms with Crippen LogP contribution in [-0.2, 0) is 72.0 Å². The van der Waals surface area contributed by atoms with Crippen molar-refractivity contribution in [3.8, 4) is 0 Å². The summed E-state index contributed by atoms with van der Waals surface area (Å²) in [6.07, 6.45) is 30.2. The molecule has 6 amide bonds. The number of aromatic nitrogens is 6. The third kappa shape index (κ3) is 22.5. The minimum atomic E-state index is -0.662. The Kier molecular flexibility index (Phi) is 35.0. The van der Waals surface area contributed by atoms with Gasteiger partial charge in [0.1, 0.15) is 35.6 Å². The zero-order chi connectivity index (χ0) is 87.3. The summed E-state index contributed by atoms with van der Waals surface area (Å²) >= 11 is 5.04. The maximum absolute atomic E-state index is 14.0. The van der Waals surface area contributed by atoms with Crippen LogP contribution in [0.15, 0.2) is 54.6 Å². The van der Waals surface area contributed by atoms with Crippen LogP contribution in [0.1, 0.15) is 329 Å². The molecule has 6 aromatic rings. The van der Waals surface area contributed by atoms with Gasteiger partial charge >= 0.3 is 59.5 Å². The number of H-pyrrole nitrogens is 3. The van der Waals surface area contributed by atoms with Crippen LogP contribution in [0, 0.1) is 59.2 Å². The first-order valence-corrected chi connectivity index (χ1v) is 48.7. The Morgan fingerprint density at radius 2 is 0.734 bits per heavy atom. The van der Waals surface area contributed by atoms with Crippen LogP contribution in [-0.4, -0.2) is 164 Å². The smallest absolute Gasteiger partial charge is 0.453 e. The minimum absolute atomic E-state index is 0. The van der Waals surface area contributed by atoms with E-state index in [-0.39, 0.29) is 106 Å². The van der Waals surface area contributed by atoms with Crippen LogP contribution in [0.5, 0.6) is 0 Å². The number of methoxy groups -OCH3 is 3. The quantitative estimate of drug-likeness (QED) is 0.0183. The Labute approximate surface area is 786 Å². The van der Waals surface area contributed by atoms with Crippen molar-refractivity contribution in [3.63, 3.8) is 0 Å². The van der Waals surface area contributed by atoms with E-state index in [4.69, 9.17) is 38.5 Å². The van der Waals surface area contributed by atoms with E-state index in [1.54, 1.807) is 23.7 Å². The predicted molar refractivity (Wildman–Crippen MR) is 499 cm³/mol. The molecule has 124 heavy (non-hydrogen) atoms. The van der Waals surface area contributed by atoms with Crippen molar-refractivity contribution in [2.45, 2.75) is 356 Å². The molecule has 16 atom stereocenters. The van der Waals surface area contributed by atoms with Crippen molar-refractivity contribution in [1.82, 2.24) is 60.6 Å². The van der Waals surface area contributed by atoms with Gasteiger partial charge in [-0.3, -0.25) is 14.4 Å². The number of rotatable bonds is 15. The summed E-state index contributed by atoms with van der Waals surface area (Å²) in [5.74, 6) is 11.2. The first kappa shape index (κ1) is 99.3. The minimum Gasteiger partial charge on any atom is -0.453 e. The number of fused-ring (bicyclic) bond motifs is 6. The van der Waals surface area contributed by atoms with Gasteiger partial charge in [0.25, 0.3) is 0 Å². The number of likely N-dealkylation sites (tertiary alicyclic amines) is 3. The summed E-state index contributed by atoms with van der Waals surface area (Å²) in [5.41, 5.74) is 8.55. The molecule has 7 saturated carbocycles. The van der Waals surface area contributed by atoms with Gasteiger partial charge in [0.05, 0.1) is 83.8 Å².